The number of carbonyl (C=O) groups is 1. The Hall–Kier alpha value is -2.56. The maximum atomic E-state index is 13.4. The van der Waals surface area contributed by atoms with Crippen molar-refractivity contribution in [2.75, 3.05) is 38.6 Å². The van der Waals surface area contributed by atoms with Crippen LogP contribution in [0, 0.1) is 11.6 Å². The van der Waals surface area contributed by atoms with Crippen molar-refractivity contribution in [3.8, 4) is 5.75 Å². The average Bonchev–Trinajstić information content (AvgIpc) is 2.75. The monoisotopic (exact) mass is 439 g/mol. The van der Waals surface area contributed by atoms with Gasteiger partial charge in [-0.15, -0.1) is 0 Å². The molecule has 1 fully saturated rings. The van der Waals surface area contributed by atoms with Crippen molar-refractivity contribution >= 4 is 21.6 Å². The SMILES string of the molecule is COc1ccc(NC(=O)C(C)N2CCN(S(=O)(=O)c3ccc(F)c(F)c3)CC2)cc1. The highest BCUT2D eigenvalue weighted by Crippen LogP contribution is 2.21. The summed E-state index contributed by atoms with van der Waals surface area (Å²) in [6.45, 7) is 2.70. The number of halogens is 2. The summed E-state index contributed by atoms with van der Waals surface area (Å²) in [4.78, 5) is 14.1. The van der Waals surface area contributed by atoms with Crippen molar-refractivity contribution in [3.05, 3.63) is 54.1 Å². The molecule has 1 aliphatic heterocycles. The maximum Gasteiger partial charge on any atom is 0.243 e. The van der Waals surface area contributed by atoms with Gasteiger partial charge in [0.15, 0.2) is 11.6 Å². The molecule has 2 aromatic carbocycles. The normalized spacial score (nSPS) is 16.8. The van der Waals surface area contributed by atoms with Crippen LogP contribution in [-0.4, -0.2) is 62.9 Å². The molecule has 1 N–H and O–H groups in total. The molecular formula is C20H23F2N3O4S. The average molecular weight is 439 g/mol. The number of piperazine rings is 1. The van der Waals surface area contributed by atoms with Gasteiger partial charge in [-0.25, -0.2) is 17.2 Å². The highest BCUT2D eigenvalue weighted by Gasteiger charge is 2.32. The highest BCUT2D eigenvalue weighted by molar-refractivity contribution is 7.89. The van der Waals surface area contributed by atoms with Gasteiger partial charge in [0, 0.05) is 31.9 Å². The van der Waals surface area contributed by atoms with E-state index in [0.717, 1.165) is 12.1 Å². The standard InChI is InChI=1S/C20H23F2N3O4S/c1-14(20(26)23-15-3-5-16(29-2)6-4-15)24-9-11-25(12-10-24)30(27,28)17-7-8-18(21)19(22)13-17/h3-8,13-14H,9-12H2,1-2H3,(H,23,26). The Morgan fingerprint density at radius 2 is 1.67 bits per heavy atom. The van der Waals surface area contributed by atoms with Gasteiger partial charge >= 0.3 is 0 Å². The fraction of sp³-hybridized carbons (Fsp3) is 0.350. The quantitative estimate of drug-likeness (QED) is 0.747. The predicted molar refractivity (Wildman–Crippen MR) is 108 cm³/mol. The van der Waals surface area contributed by atoms with E-state index in [0.29, 0.717) is 30.6 Å². The first-order valence-electron chi connectivity index (χ1n) is 9.36. The molecule has 162 valence electrons. The Kier molecular flexibility index (Phi) is 6.69. The van der Waals surface area contributed by atoms with Gasteiger partial charge in [-0.1, -0.05) is 0 Å². The van der Waals surface area contributed by atoms with Gasteiger partial charge in [0.1, 0.15) is 5.75 Å². The van der Waals surface area contributed by atoms with E-state index < -0.39 is 27.7 Å². The molecule has 0 spiro atoms. The summed E-state index contributed by atoms with van der Waals surface area (Å²) >= 11 is 0. The Morgan fingerprint density at radius 1 is 1.03 bits per heavy atom. The fourth-order valence-corrected chi connectivity index (χ4v) is 4.64. The highest BCUT2D eigenvalue weighted by atomic mass is 32.2. The number of ether oxygens (including phenoxy) is 1. The van der Waals surface area contributed by atoms with Gasteiger partial charge in [0.2, 0.25) is 15.9 Å². The second-order valence-corrected chi connectivity index (χ2v) is 8.85. The molecule has 1 atom stereocenters. The minimum Gasteiger partial charge on any atom is -0.497 e. The Morgan fingerprint density at radius 3 is 2.23 bits per heavy atom. The molecule has 30 heavy (non-hydrogen) atoms. The van der Waals surface area contributed by atoms with E-state index in [4.69, 9.17) is 4.74 Å². The number of benzene rings is 2. The molecule has 0 aliphatic carbocycles. The van der Waals surface area contributed by atoms with Crippen molar-refractivity contribution in [3.63, 3.8) is 0 Å². The van der Waals surface area contributed by atoms with Crippen LogP contribution in [0.15, 0.2) is 47.4 Å². The molecule has 1 saturated heterocycles. The minimum absolute atomic E-state index is 0.140. The van der Waals surface area contributed by atoms with E-state index in [1.165, 1.54) is 4.31 Å². The molecule has 1 amide bonds. The molecule has 0 aromatic heterocycles. The topological polar surface area (TPSA) is 79.0 Å². The summed E-state index contributed by atoms with van der Waals surface area (Å²) in [5.41, 5.74) is 0.632. The van der Waals surface area contributed by atoms with Crippen LogP contribution in [-0.2, 0) is 14.8 Å². The van der Waals surface area contributed by atoms with Crippen LogP contribution >= 0.6 is 0 Å². The van der Waals surface area contributed by atoms with Crippen LogP contribution in [0.2, 0.25) is 0 Å². The number of hydrogen-bond donors (Lipinski definition) is 1. The van der Waals surface area contributed by atoms with E-state index in [1.807, 2.05) is 4.90 Å². The van der Waals surface area contributed by atoms with Crippen LogP contribution in [0.5, 0.6) is 5.75 Å². The van der Waals surface area contributed by atoms with Crippen molar-refractivity contribution in [1.29, 1.82) is 0 Å². The number of nitrogens with zero attached hydrogens (tertiary/aromatic N) is 2. The number of rotatable bonds is 6. The predicted octanol–water partition coefficient (Wildman–Crippen LogP) is 2.31. The first-order chi connectivity index (χ1) is 14.2. The van der Waals surface area contributed by atoms with Crippen LogP contribution in [0.4, 0.5) is 14.5 Å². The van der Waals surface area contributed by atoms with Crippen LogP contribution in [0.1, 0.15) is 6.92 Å². The molecule has 0 radical (unpaired) electrons. The first-order valence-corrected chi connectivity index (χ1v) is 10.8. The lowest BCUT2D eigenvalue weighted by Crippen LogP contribution is -2.53. The smallest absolute Gasteiger partial charge is 0.243 e. The molecule has 7 nitrogen and oxygen atoms in total. The van der Waals surface area contributed by atoms with E-state index in [2.05, 4.69) is 5.32 Å². The van der Waals surface area contributed by atoms with E-state index in [-0.39, 0.29) is 23.9 Å². The summed E-state index contributed by atoms with van der Waals surface area (Å²) in [5.74, 6) is -1.84. The lowest BCUT2D eigenvalue weighted by Gasteiger charge is -2.36. The number of sulfonamides is 1. The fourth-order valence-electron chi connectivity index (χ4n) is 3.20. The Balaban J connectivity index is 1.59. The molecule has 2 aromatic rings. The molecule has 1 unspecified atom stereocenters. The van der Waals surface area contributed by atoms with Gasteiger partial charge < -0.3 is 10.1 Å². The van der Waals surface area contributed by atoms with Gasteiger partial charge in [0.25, 0.3) is 0 Å². The summed E-state index contributed by atoms with van der Waals surface area (Å²) in [7, 11) is -2.38. The zero-order chi connectivity index (χ0) is 21.9. The maximum absolute atomic E-state index is 13.4. The number of nitrogens with one attached hydrogen (secondary N) is 1. The molecule has 0 saturated carbocycles. The summed E-state index contributed by atoms with van der Waals surface area (Å²) in [6, 6.07) is 8.99. The third kappa shape index (κ3) is 4.77. The van der Waals surface area contributed by atoms with Gasteiger partial charge in [-0.2, -0.15) is 4.31 Å². The number of carbonyl (C=O) groups excluding carboxylic acids is 1. The summed E-state index contributed by atoms with van der Waals surface area (Å²) in [6.07, 6.45) is 0. The van der Waals surface area contributed by atoms with Crippen molar-refractivity contribution in [2.24, 2.45) is 0 Å². The molecule has 0 bridgehead atoms. The molecule has 3 rings (SSSR count). The Labute approximate surface area is 174 Å². The Bertz CT molecular complexity index is 1010. The lowest BCUT2D eigenvalue weighted by molar-refractivity contribution is -0.121. The van der Waals surface area contributed by atoms with Crippen LogP contribution in [0.3, 0.4) is 0 Å². The third-order valence-electron chi connectivity index (χ3n) is 5.09. The second kappa shape index (κ2) is 9.07. The van der Waals surface area contributed by atoms with Gasteiger partial charge in [-0.3, -0.25) is 9.69 Å². The molecule has 1 aliphatic rings. The molecule has 10 heteroatoms. The van der Waals surface area contributed by atoms with Crippen molar-refractivity contribution in [1.82, 2.24) is 9.21 Å². The van der Waals surface area contributed by atoms with E-state index in [1.54, 1.807) is 38.3 Å². The lowest BCUT2D eigenvalue weighted by atomic mass is 10.2. The minimum atomic E-state index is -3.94. The largest absolute Gasteiger partial charge is 0.497 e. The van der Waals surface area contributed by atoms with Crippen molar-refractivity contribution in [2.45, 2.75) is 17.9 Å². The number of hydrogen-bond acceptors (Lipinski definition) is 5. The van der Waals surface area contributed by atoms with E-state index >= 15 is 0 Å². The summed E-state index contributed by atoms with van der Waals surface area (Å²) in [5, 5.41) is 2.82. The number of anilines is 1. The van der Waals surface area contributed by atoms with Gasteiger partial charge in [-0.05, 0) is 49.4 Å². The van der Waals surface area contributed by atoms with E-state index in [9.17, 15) is 22.0 Å². The zero-order valence-electron chi connectivity index (χ0n) is 16.6. The third-order valence-corrected chi connectivity index (χ3v) is 6.98. The number of amides is 1. The number of methoxy groups -OCH3 is 1. The van der Waals surface area contributed by atoms with Gasteiger partial charge in [0.05, 0.1) is 18.0 Å². The first kappa shape index (κ1) is 22.1. The molecular weight excluding hydrogens is 416 g/mol. The zero-order valence-corrected chi connectivity index (χ0v) is 17.5. The summed E-state index contributed by atoms with van der Waals surface area (Å²) < 4.78 is 58.2. The van der Waals surface area contributed by atoms with Crippen LogP contribution in [0.25, 0.3) is 0 Å². The second-order valence-electron chi connectivity index (χ2n) is 6.91. The molecule has 1 heterocycles. The van der Waals surface area contributed by atoms with Crippen molar-refractivity contribution < 1.29 is 26.7 Å². The van der Waals surface area contributed by atoms with Crippen LogP contribution < -0.4 is 10.1 Å².